The number of esters is 1. The Bertz CT molecular complexity index is 838. The summed E-state index contributed by atoms with van der Waals surface area (Å²) in [5.41, 5.74) is 5.11. The zero-order valence-electron chi connectivity index (χ0n) is 16.1. The minimum absolute atomic E-state index is 0.256. The van der Waals surface area contributed by atoms with Crippen LogP contribution in [0.2, 0.25) is 0 Å². The molecule has 27 heavy (non-hydrogen) atoms. The number of fused-ring (bicyclic) bond motifs is 1. The zero-order chi connectivity index (χ0) is 19.4. The van der Waals surface area contributed by atoms with Crippen LogP contribution in [0, 0.1) is 13.8 Å². The second kappa shape index (κ2) is 8.85. The molecule has 1 aliphatic carbocycles. The second-order valence-corrected chi connectivity index (χ2v) is 8.46. The van der Waals surface area contributed by atoms with Crippen molar-refractivity contribution in [1.82, 2.24) is 0 Å². The second-order valence-electron chi connectivity index (χ2n) is 6.94. The van der Waals surface area contributed by atoms with Gasteiger partial charge in [0.1, 0.15) is 5.00 Å². The molecular formula is C21H26N2O2S2. The number of carbonyl (C=O) groups is 1. The molecule has 1 aromatic heterocycles. The van der Waals surface area contributed by atoms with Crippen molar-refractivity contribution in [3.05, 3.63) is 45.3 Å². The van der Waals surface area contributed by atoms with Crippen molar-refractivity contribution in [2.75, 3.05) is 17.2 Å². The number of rotatable bonds is 4. The lowest BCUT2D eigenvalue weighted by atomic mass is 10.1. The summed E-state index contributed by atoms with van der Waals surface area (Å²) >= 11 is 7.15. The van der Waals surface area contributed by atoms with Gasteiger partial charge in [0.25, 0.3) is 0 Å². The molecule has 2 aromatic rings. The minimum Gasteiger partial charge on any atom is -0.462 e. The molecule has 0 spiro atoms. The molecule has 0 bridgehead atoms. The number of anilines is 2. The van der Waals surface area contributed by atoms with Crippen LogP contribution in [0.1, 0.15) is 58.1 Å². The van der Waals surface area contributed by atoms with E-state index >= 15 is 0 Å². The Labute approximate surface area is 170 Å². The van der Waals surface area contributed by atoms with Crippen LogP contribution in [-0.4, -0.2) is 17.7 Å². The van der Waals surface area contributed by atoms with Crippen LogP contribution in [0.4, 0.5) is 10.7 Å². The topological polar surface area (TPSA) is 50.4 Å². The Morgan fingerprint density at radius 2 is 1.81 bits per heavy atom. The highest BCUT2D eigenvalue weighted by Gasteiger charge is 2.26. The Balaban J connectivity index is 1.84. The molecule has 0 atom stereocenters. The minimum atomic E-state index is -0.256. The van der Waals surface area contributed by atoms with E-state index in [2.05, 4.69) is 42.7 Å². The van der Waals surface area contributed by atoms with Gasteiger partial charge in [0.05, 0.1) is 12.2 Å². The van der Waals surface area contributed by atoms with E-state index in [1.807, 2.05) is 6.92 Å². The van der Waals surface area contributed by atoms with Gasteiger partial charge in [-0.15, -0.1) is 11.3 Å². The quantitative estimate of drug-likeness (QED) is 0.395. The third-order valence-electron chi connectivity index (χ3n) is 4.61. The van der Waals surface area contributed by atoms with Crippen LogP contribution in [0.15, 0.2) is 18.2 Å². The van der Waals surface area contributed by atoms with E-state index in [4.69, 9.17) is 17.0 Å². The number of ether oxygens (including phenoxy) is 1. The van der Waals surface area contributed by atoms with Gasteiger partial charge in [0, 0.05) is 10.6 Å². The molecule has 0 amide bonds. The Hall–Kier alpha value is -1.92. The average Bonchev–Trinajstić information content (AvgIpc) is 2.75. The van der Waals surface area contributed by atoms with E-state index in [9.17, 15) is 4.79 Å². The van der Waals surface area contributed by atoms with Gasteiger partial charge in [0.2, 0.25) is 0 Å². The number of benzene rings is 1. The molecule has 0 saturated carbocycles. The first-order valence-electron chi connectivity index (χ1n) is 9.46. The largest absolute Gasteiger partial charge is 0.462 e. The van der Waals surface area contributed by atoms with Crippen LogP contribution in [0.5, 0.6) is 0 Å². The molecule has 4 nitrogen and oxygen atoms in total. The van der Waals surface area contributed by atoms with Crippen LogP contribution < -0.4 is 10.6 Å². The maximum absolute atomic E-state index is 12.6. The fraction of sp³-hybridized carbons (Fsp3) is 0.429. The number of hydrogen-bond acceptors (Lipinski definition) is 4. The van der Waals surface area contributed by atoms with Gasteiger partial charge in [0.15, 0.2) is 5.11 Å². The average molecular weight is 403 g/mol. The summed E-state index contributed by atoms with van der Waals surface area (Å²) in [7, 11) is 0. The molecule has 0 unspecified atom stereocenters. The molecule has 1 aliphatic rings. The van der Waals surface area contributed by atoms with Gasteiger partial charge in [-0.2, -0.15) is 0 Å². The fourth-order valence-electron chi connectivity index (χ4n) is 3.56. The maximum Gasteiger partial charge on any atom is 0.341 e. The molecule has 3 rings (SSSR count). The summed E-state index contributed by atoms with van der Waals surface area (Å²) in [4.78, 5) is 13.9. The number of aryl methyl sites for hydroxylation is 3. The molecule has 2 N–H and O–H groups in total. The predicted octanol–water partition coefficient (Wildman–Crippen LogP) is 5.62. The SMILES string of the molecule is CCOC(=O)c1c(NC(=S)Nc2cc(C)cc(C)c2)sc2c1CCCCC2. The van der Waals surface area contributed by atoms with Gasteiger partial charge in [-0.25, -0.2) is 4.79 Å². The van der Waals surface area contributed by atoms with E-state index in [1.54, 1.807) is 11.3 Å². The Morgan fingerprint density at radius 3 is 2.52 bits per heavy atom. The van der Waals surface area contributed by atoms with Gasteiger partial charge in [-0.05, 0) is 87.5 Å². The van der Waals surface area contributed by atoms with Gasteiger partial charge in [-0.3, -0.25) is 0 Å². The molecule has 0 aliphatic heterocycles. The van der Waals surface area contributed by atoms with Crippen LogP contribution >= 0.6 is 23.6 Å². The van der Waals surface area contributed by atoms with Crippen LogP contribution in [-0.2, 0) is 17.6 Å². The standard InChI is InChI=1S/C21H26N2O2S2/c1-4-25-20(24)18-16-8-6-5-7-9-17(16)27-19(18)23-21(26)22-15-11-13(2)10-14(3)12-15/h10-12H,4-9H2,1-3H3,(H2,22,23,26). The van der Waals surface area contributed by atoms with Crippen molar-refractivity contribution < 1.29 is 9.53 Å². The van der Waals surface area contributed by atoms with Crippen molar-refractivity contribution in [2.45, 2.75) is 52.9 Å². The Morgan fingerprint density at radius 1 is 1.11 bits per heavy atom. The summed E-state index contributed by atoms with van der Waals surface area (Å²) < 4.78 is 5.33. The number of carbonyl (C=O) groups excluding carboxylic acids is 1. The van der Waals surface area contributed by atoms with Crippen molar-refractivity contribution in [3.63, 3.8) is 0 Å². The first kappa shape index (κ1) is 19.8. The van der Waals surface area contributed by atoms with E-state index in [-0.39, 0.29) is 5.97 Å². The van der Waals surface area contributed by atoms with Crippen molar-refractivity contribution in [2.24, 2.45) is 0 Å². The lowest BCUT2D eigenvalue weighted by molar-refractivity contribution is 0.0527. The van der Waals surface area contributed by atoms with Crippen molar-refractivity contribution in [3.8, 4) is 0 Å². The number of thiocarbonyl (C=S) groups is 1. The molecule has 6 heteroatoms. The molecule has 144 valence electrons. The first-order chi connectivity index (χ1) is 13.0. The highest BCUT2D eigenvalue weighted by Crippen LogP contribution is 2.38. The van der Waals surface area contributed by atoms with E-state index < -0.39 is 0 Å². The molecule has 0 fully saturated rings. The van der Waals surface area contributed by atoms with Gasteiger partial charge < -0.3 is 15.4 Å². The molecule has 0 radical (unpaired) electrons. The lowest BCUT2D eigenvalue weighted by Gasteiger charge is -2.12. The highest BCUT2D eigenvalue weighted by molar-refractivity contribution is 7.80. The molecular weight excluding hydrogens is 376 g/mol. The number of thiophene rings is 1. The van der Waals surface area contributed by atoms with Gasteiger partial charge >= 0.3 is 5.97 Å². The van der Waals surface area contributed by atoms with Crippen LogP contribution in [0.3, 0.4) is 0 Å². The molecule has 0 saturated heterocycles. The van der Waals surface area contributed by atoms with E-state index in [1.165, 1.54) is 28.8 Å². The lowest BCUT2D eigenvalue weighted by Crippen LogP contribution is -2.20. The summed E-state index contributed by atoms with van der Waals surface area (Å²) in [6, 6.07) is 6.23. The zero-order valence-corrected chi connectivity index (χ0v) is 17.7. The van der Waals surface area contributed by atoms with Crippen molar-refractivity contribution >= 4 is 45.3 Å². The first-order valence-corrected chi connectivity index (χ1v) is 10.7. The Kier molecular flexibility index (Phi) is 6.50. The molecule has 1 aromatic carbocycles. The summed E-state index contributed by atoms with van der Waals surface area (Å²) in [6.45, 7) is 6.32. The summed E-state index contributed by atoms with van der Waals surface area (Å²) in [5, 5.41) is 7.77. The normalized spacial score (nSPS) is 13.4. The highest BCUT2D eigenvalue weighted by atomic mass is 32.1. The smallest absolute Gasteiger partial charge is 0.341 e. The van der Waals surface area contributed by atoms with Crippen molar-refractivity contribution in [1.29, 1.82) is 0 Å². The molecule has 1 heterocycles. The van der Waals surface area contributed by atoms with Crippen LogP contribution in [0.25, 0.3) is 0 Å². The fourth-order valence-corrected chi connectivity index (χ4v) is 5.13. The number of nitrogens with one attached hydrogen (secondary N) is 2. The third-order valence-corrected chi connectivity index (χ3v) is 6.02. The summed E-state index contributed by atoms with van der Waals surface area (Å²) in [6.07, 6.45) is 5.44. The van der Waals surface area contributed by atoms with E-state index in [0.717, 1.165) is 35.5 Å². The summed E-state index contributed by atoms with van der Waals surface area (Å²) in [5.74, 6) is -0.256. The van der Waals surface area contributed by atoms with E-state index in [0.29, 0.717) is 17.3 Å². The number of hydrogen-bond donors (Lipinski definition) is 2. The monoisotopic (exact) mass is 402 g/mol. The third kappa shape index (κ3) is 4.87. The maximum atomic E-state index is 12.6. The predicted molar refractivity (Wildman–Crippen MR) is 117 cm³/mol. The van der Waals surface area contributed by atoms with Gasteiger partial charge in [-0.1, -0.05) is 12.5 Å².